The predicted molar refractivity (Wildman–Crippen MR) is 52.9 cm³/mol. The first-order chi connectivity index (χ1) is 6.56. The molecule has 3 N–H and O–H groups in total. The third kappa shape index (κ3) is 2.37. The summed E-state index contributed by atoms with van der Waals surface area (Å²) in [5.74, 6) is -1.23. The van der Waals surface area contributed by atoms with Gasteiger partial charge in [-0.2, -0.15) is 12.6 Å². The molecule has 78 valence electrons. The molecule has 0 spiro atoms. The Balaban J connectivity index is 2.91. The van der Waals surface area contributed by atoms with E-state index in [0.29, 0.717) is 0 Å². The topological polar surface area (TPSA) is 60.7 Å². The number of halogens is 1. The van der Waals surface area contributed by atoms with E-state index in [-0.39, 0.29) is 11.3 Å². The zero-order valence-corrected chi connectivity index (χ0v) is 8.16. The Labute approximate surface area is 86.2 Å². The standard InChI is InChI=1S/C9H11FO3S/c10-6-2-1-5(3-7(6)11)9(13)8(12)4-14/h1-3,8-9,11-14H,4H2. The van der Waals surface area contributed by atoms with Crippen molar-refractivity contribution in [2.75, 3.05) is 5.75 Å². The van der Waals surface area contributed by atoms with Crippen LogP contribution >= 0.6 is 12.6 Å². The molecule has 5 heteroatoms. The highest BCUT2D eigenvalue weighted by atomic mass is 32.1. The molecule has 1 rings (SSSR count). The summed E-state index contributed by atoms with van der Waals surface area (Å²) >= 11 is 3.80. The third-order valence-corrected chi connectivity index (χ3v) is 2.24. The first-order valence-corrected chi connectivity index (χ1v) is 4.65. The van der Waals surface area contributed by atoms with Gasteiger partial charge in [0.15, 0.2) is 11.6 Å². The largest absolute Gasteiger partial charge is 0.505 e. The quantitative estimate of drug-likeness (QED) is 0.569. The molecular formula is C9H11FO3S. The number of aromatic hydroxyl groups is 1. The average molecular weight is 218 g/mol. The number of phenols is 1. The van der Waals surface area contributed by atoms with Gasteiger partial charge in [-0.1, -0.05) is 6.07 Å². The summed E-state index contributed by atoms with van der Waals surface area (Å²) in [7, 11) is 0. The van der Waals surface area contributed by atoms with E-state index in [1.807, 2.05) is 0 Å². The van der Waals surface area contributed by atoms with E-state index in [2.05, 4.69) is 12.6 Å². The van der Waals surface area contributed by atoms with E-state index in [9.17, 15) is 14.6 Å². The van der Waals surface area contributed by atoms with Crippen molar-refractivity contribution in [3.8, 4) is 5.75 Å². The summed E-state index contributed by atoms with van der Waals surface area (Å²) in [5, 5.41) is 27.7. The van der Waals surface area contributed by atoms with Crippen LogP contribution in [0.4, 0.5) is 4.39 Å². The summed E-state index contributed by atoms with van der Waals surface area (Å²) in [5.41, 5.74) is 0.255. The molecule has 0 saturated heterocycles. The van der Waals surface area contributed by atoms with Crippen LogP contribution in [0, 0.1) is 5.82 Å². The van der Waals surface area contributed by atoms with Crippen LogP contribution in [0.1, 0.15) is 11.7 Å². The first kappa shape index (κ1) is 11.3. The number of thiol groups is 1. The molecule has 0 aliphatic carbocycles. The molecule has 0 amide bonds. The number of rotatable bonds is 3. The summed E-state index contributed by atoms with van der Waals surface area (Å²) in [6, 6.07) is 3.40. The van der Waals surface area contributed by atoms with Crippen LogP contribution in [0.3, 0.4) is 0 Å². The van der Waals surface area contributed by atoms with Gasteiger partial charge in [0.2, 0.25) is 0 Å². The average Bonchev–Trinajstić information content (AvgIpc) is 2.20. The van der Waals surface area contributed by atoms with Gasteiger partial charge in [-0.25, -0.2) is 4.39 Å². The van der Waals surface area contributed by atoms with E-state index in [0.717, 1.165) is 12.1 Å². The summed E-state index contributed by atoms with van der Waals surface area (Å²) in [6.07, 6.45) is -2.21. The van der Waals surface area contributed by atoms with Crippen molar-refractivity contribution in [3.63, 3.8) is 0 Å². The molecule has 3 nitrogen and oxygen atoms in total. The molecule has 0 aliphatic rings. The number of benzene rings is 1. The van der Waals surface area contributed by atoms with Crippen molar-refractivity contribution in [1.82, 2.24) is 0 Å². The van der Waals surface area contributed by atoms with Crippen LogP contribution in [-0.4, -0.2) is 27.2 Å². The Morgan fingerprint density at radius 2 is 2.00 bits per heavy atom. The Morgan fingerprint density at radius 3 is 2.50 bits per heavy atom. The fourth-order valence-electron chi connectivity index (χ4n) is 1.04. The van der Waals surface area contributed by atoms with E-state index >= 15 is 0 Å². The SMILES string of the molecule is Oc1cc(C(O)C(O)CS)ccc1F. The molecule has 2 atom stereocenters. The fourth-order valence-corrected chi connectivity index (χ4v) is 1.24. The molecule has 0 radical (unpaired) electrons. The first-order valence-electron chi connectivity index (χ1n) is 4.01. The van der Waals surface area contributed by atoms with Crippen LogP contribution < -0.4 is 0 Å². The molecule has 0 heterocycles. The van der Waals surface area contributed by atoms with Crippen LogP contribution in [0.15, 0.2) is 18.2 Å². The summed E-state index contributed by atoms with van der Waals surface area (Å²) < 4.78 is 12.6. The number of aliphatic hydroxyl groups excluding tert-OH is 2. The van der Waals surface area contributed by atoms with Gasteiger partial charge >= 0.3 is 0 Å². The normalized spacial score (nSPS) is 15.1. The van der Waals surface area contributed by atoms with Gasteiger partial charge in [0.1, 0.15) is 6.10 Å². The maximum absolute atomic E-state index is 12.6. The zero-order valence-electron chi connectivity index (χ0n) is 7.26. The van der Waals surface area contributed by atoms with E-state index in [1.165, 1.54) is 6.07 Å². The zero-order chi connectivity index (χ0) is 10.7. The second-order valence-electron chi connectivity index (χ2n) is 2.91. The maximum Gasteiger partial charge on any atom is 0.164 e. The molecule has 0 aromatic heterocycles. The molecule has 0 fully saturated rings. The lowest BCUT2D eigenvalue weighted by atomic mass is 10.1. The predicted octanol–water partition coefficient (Wildman–Crippen LogP) is 0.855. The lowest BCUT2D eigenvalue weighted by Crippen LogP contribution is -2.19. The van der Waals surface area contributed by atoms with Crippen molar-refractivity contribution >= 4 is 12.6 Å². The second-order valence-corrected chi connectivity index (χ2v) is 3.27. The second kappa shape index (κ2) is 4.63. The van der Waals surface area contributed by atoms with Crippen molar-refractivity contribution in [3.05, 3.63) is 29.6 Å². The molecule has 0 aliphatic heterocycles. The van der Waals surface area contributed by atoms with E-state index < -0.39 is 23.8 Å². The Kier molecular flexibility index (Phi) is 3.74. The van der Waals surface area contributed by atoms with Gasteiger partial charge in [-0.15, -0.1) is 0 Å². The van der Waals surface area contributed by atoms with Crippen molar-refractivity contribution in [2.45, 2.75) is 12.2 Å². The van der Waals surface area contributed by atoms with E-state index in [1.54, 1.807) is 0 Å². The fraction of sp³-hybridized carbons (Fsp3) is 0.333. The third-order valence-electron chi connectivity index (χ3n) is 1.86. The lowest BCUT2D eigenvalue weighted by Gasteiger charge is -2.16. The minimum Gasteiger partial charge on any atom is -0.505 e. The summed E-state index contributed by atoms with van der Waals surface area (Å²) in [4.78, 5) is 0. The Bertz CT molecular complexity index is 319. The Hall–Kier alpha value is -0.780. The van der Waals surface area contributed by atoms with Crippen molar-refractivity contribution < 1.29 is 19.7 Å². The van der Waals surface area contributed by atoms with Crippen LogP contribution in [0.25, 0.3) is 0 Å². The van der Waals surface area contributed by atoms with Gasteiger partial charge in [0.25, 0.3) is 0 Å². The van der Waals surface area contributed by atoms with Gasteiger partial charge in [0.05, 0.1) is 6.10 Å². The number of hydrogen-bond acceptors (Lipinski definition) is 4. The summed E-state index contributed by atoms with van der Waals surface area (Å²) in [6.45, 7) is 0. The van der Waals surface area contributed by atoms with Gasteiger partial charge in [-0.3, -0.25) is 0 Å². The molecule has 14 heavy (non-hydrogen) atoms. The van der Waals surface area contributed by atoms with Crippen LogP contribution in [-0.2, 0) is 0 Å². The van der Waals surface area contributed by atoms with Crippen LogP contribution in [0.2, 0.25) is 0 Å². The van der Waals surface area contributed by atoms with Crippen LogP contribution in [0.5, 0.6) is 5.75 Å². The number of hydrogen-bond donors (Lipinski definition) is 4. The van der Waals surface area contributed by atoms with Crippen molar-refractivity contribution in [1.29, 1.82) is 0 Å². The smallest absolute Gasteiger partial charge is 0.164 e. The highest BCUT2D eigenvalue weighted by Gasteiger charge is 2.17. The highest BCUT2D eigenvalue weighted by molar-refractivity contribution is 7.80. The number of aliphatic hydroxyl groups is 2. The Morgan fingerprint density at radius 1 is 1.36 bits per heavy atom. The minimum absolute atomic E-state index is 0.0826. The maximum atomic E-state index is 12.6. The van der Waals surface area contributed by atoms with Gasteiger partial charge < -0.3 is 15.3 Å². The monoisotopic (exact) mass is 218 g/mol. The van der Waals surface area contributed by atoms with Gasteiger partial charge in [-0.05, 0) is 17.7 Å². The molecule has 0 bridgehead atoms. The number of phenolic OH excluding ortho intramolecular Hbond substituents is 1. The lowest BCUT2D eigenvalue weighted by molar-refractivity contribution is 0.0336. The highest BCUT2D eigenvalue weighted by Crippen LogP contribution is 2.23. The molecule has 2 unspecified atom stereocenters. The van der Waals surface area contributed by atoms with E-state index in [4.69, 9.17) is 5.11 Å². The molecule has 1 aromatic carbocycles. The van der Waals surface area contributed by atoms with Gasteiger partial charge in [0, 0.05) is 5.75 Å². The minimum atomic E-state index is -1.17. The van der Waals surface area contributed by atoms with Crippen molar-refractivity contribution in [2.24, 2.45) is 0 Å². The molecule has 0 saturated carbocycles. The molecule has 1 aromatic rings. The molecular weight excluding hydrogens is 207 g/mol.